The Morgan fingerprint density at radius 2 is 1.41 bits per heavy atom. The normalized spacial score (nSPS) is 12.9. The van der Waals surface area contributed by atoms with Crippen LogP contribution in [0.1, 0.15) is 63.8 Å². The van der Waals surface area contributed by atoms with Gasteiger partial charge in [0.05, 0.1) is 0 Å². The van der Waals surface area contributed by atoms with Crippen molar-refractivity contribution in [2.75, 3.05) is 0 Å². The summed E-state index contributed by atoms with van der Waals surface area (Å²) >= 11 is 0. The monoisotopic (exact) mass is 366 g/mol. The SMILES string of the molecule is CC(C)(C)c1cc(CC(=Cc2ccccc2)C(=O)O)cc(C(C)(C)C)c1O. The fourth-order valence-electron chi connectivity index (χ4n) is 3.10. The highest BCUT2D eigenvalue weighted by Gasteiger charge is 2.27. The molecule has 0 fully saturated rings. The standard InChI is InChI=1S/C24H30O3/c1-23(2,3)19-14-17(15-20(21(19)25)24(4,5)6)13-18(22(26)27)12-16-10-8-7-9-11-16/h7-12,14-15,25H,13H2,1-6H3,(H,26,27). The lowest BCUT2D eigenvalue weighted by Crippen LogP contribution is -2.18. The van der Waals surface area contributed by atoms with Crippen LogP contribution in [-0.2, 0) is 22.0 Å². The average molecular weight is 367 g/mol. The van der Waals surface area contributed by atoms with Crippen molar-refractivity contribution in [3.63, 3.8) is 0 Å². The van der Waals surface area contributed by atoms with Crippen molar-refractivity contribution in [3.8, 4) is 5.75 Å². The Bertz CT molecular complexity index is 812. The fraction of sp³-hybridized carbons (Fsp3) is 0.375. The summed E-state index contributed by atoms with van der Waals surface area (Å²) in [6.45, 7) is 12.3. The molecule has 0 heterocycles. The Labute approximate surface area is 162 Å². The smallest absolute Gasteiger partial charge is 0.331 e. The van der Waals surface area contributed by atoms with Gasteiger partial charge in [-0.1, -0.05) is 84.0 Å². The van der Waals surface area contributed by atoms with Crippen LogP contribution in [0.4, 0.5) is 0 Å². The predicted molar refractivity (Wildman–Crippen MR) is 111 cm³/mol. The summed E-state index contributed by atoms with van der Waals surface area (Å²) in [7, 11) is 0. The minimum atomic E-state index is -0.929. The quantitative estimate of drug-likeness (QED) is 0.683. The molecule has 2 N–H and O–H groups in total. The molecule has 0 spiro atoms. The Morgan fingerprint density at radius 3 is 1.81 bits per heavy atom. The van der Waals surface area contributed by atoms with E-state index < -0.39 is 5.97 Å². The summed E-state index contributed by atoms with van der Waals surface area (Å²) in [5.74, 6) is -0.621. The zero-order chi connectivity index (χ0) is 20.4. The number of phenolic OH excluding ortho intramolecular Hbond substituents is 1. The second kappa shape index (κ2) is 7.59. The van der Waals surface area contributed by atoms with Gasteiger partial charge < -0.3 is 10.2 Å². The molecule has 0 atom stereocenters. The van der Waals surface area contributed by atoms with Gasteiger partial charge in [0.25, 0.3) is 0 Å². The molecule has 0 aliphatic heterocycles. The third-order valence-electron chi connectivity index (χ3n) is 4.60. The van der Waals surface area contributed by atoms with E-state index in [0.717, 1.165) is 22.3 Å². The molecule has 0 aliphatic carbocycles. The van der Waals surface area contributed by atoms with Gasteiger partial charge in [-0.05, 0) is 39.2 Å². The van der Waals surface area contributed by atoms with Gasteiger partial charge in [0.2, 0.25) is 0 Å². The van der Waals surface area contributed by atoms with Crippen molar-refractivity contribution in [2.24, 2.45) is 0 Å². The van der Waals surface area contributed by atoms with Crippen LogP contribution in [0.3, 0.4) is 0 Å². The molecule has 3 nitrogen and oxygen atoms in total. The van der Waals surface area contributed by atoms with Crippen molar-refractivity contribution >= 4 is 12.0 Å². The summed E-state index contributed by atoms with van der Waals surface area (Å²) in [6, 6.07) is 13.3. The molecule has 0 unspecified atom stereocenters. The van der Waals surface area contributed by atoms with Gasteiger partial charge >= 0.3 is 5.97 Å². The fourth-order valence-corrected chi connectivity index (χ4v) is 3.10. The number of aromatic hydroxyl groups is 1. The number of carboxylic acids is 1. The van der Waals surface area contributed by atoms with E-state index in [-0.39, 0.29) is 10.8 Å². The molecular formula is C24H30O3. The first kappa shape index (κ1) is 20.8. The lowest BCUT2D eigenvalue weighted by Gasteiger charge is -2.28. The van der Waals surface area contributed by atoms with Crippen molar-refractivity contribution in [2.45, 2.75) is 58.8 Å². The summed E-state index contributed by atoms with van der Waals surface area (Å²) < 4.78 is 0. The van der Waals surface area contributed by atoms with Gasteiger partial charge in [-0.15, -0.1) is 0 Å². The number of aliphatic carboxylic acids is 1. The third kappa shape index (κ3) is 5.22. The van der Waals surface area contributed by atoms with Crippen LogP contribution < -0.4 is 0 Å². The molecule has 0 saturated carbocycles. The van der Waals surface area contributed by atoms with Crippen molar-refractivity contribution in [1.29, 1.82) is 0 Å². The number of hydrogen-bond acceptors (Lipinski definition) is 2. The van der Waals surface area contributed by atoms with Gasteiger partial charge in [-0.25, -0.2) is 4.79 Å². The van der Waals surface area contributed by atoms with Crippen LogP contribution in [0.2, 0.25) is 0 Å². The van der Waals surface area contributed by atoms with E-state index in [2.05, 4.69) is 41.5 Å². The molecular weight excluding hydrogens is 336 g/mol. The summed E-state index contributed by atoms with van der Waals surface area (Å²) in [6.07, 6.45) is 2.01. The molecule has 144 valence electrons. The van der Waals surface area contributed by atoms with E-state index in [4.69, 9.17) is 0 Å². The summed E-state index contributed by atoms with van der Waals surface area (Å²) in [5.41, 5.74) is 3.28. The van der Waals surface area contributed by atoms with E-state index in [0.29, 0.717) is 17.7 Å². The Morgan fingerprint density at radius 1 is 0.926 bits per heavy atom. The Balaban J connectivity index is 2.57. The number of phenols is 1. The highest BCUT2D eigenvalue weighted by molar-refractivity contribution is 5.92. The van der Waals surface area contributed by atoms with Crippen molar-refractivity contribution in [1.82, 2.24) is 0 Å². The zero-order valence-electron chi connectivity index (χ0n) is 17.1. The van der Waals surface area contributed by atoms with Gasteiger partial charge in [0.15, 0.2) is 0 Å². The van der Waals surface area contributed by atoms with Crippen molar-refractivity contribution < 1.29 is 15.0 Å². The number of carboxylic acid groups (broad SMARTS) is 1. The van der Waals surface area contributed by atoms with E-state index in [1.54, 1.807) is 6.08 Å². The number of hydrogen-bond donors (Lipinski definition) is 2. The molecule has 0 aromatic heterocycles. The molecule has 2 rings (SSSR count). The van der Waals surface area contributed by atoms with Crippen LogP contribution in [0.5, 0.6) is 5.75 Å². The molecule has 27 heavy (non-hydrogen) atoms. The maximum absolute atomic E-state index is 11.8. The van der Waals surface area contributed by atoms with E-state index >= 15 is 0 Å². The summed E-state index contributed by atoms with van der Waals surface area (Å²) in [4.78, 5) is 11.8. The molecule has 0 bridgehead atoms. The summed E-state index contributed by atoms with van der Waals surface area (Å²) in [5, 5.41) is 20.5. The molecule has 3 heteroatoms. The molecule has 0 radical (unpaired) electrons. The predicted octanol–water partition coefficient (Wildman–Crippen LogP) is 5.70. The topological polar surface area (TPSA) is 57.5 Å². The Hall–Kier alpha value is -2.55. The molecule has 0 saturated heterocycles. The molecule has 0 amide bonds. The van der Waals surface area contributed by atoms with Crippen LogP contribution in [0, 0.1) is 0 Å². The van der Waals surface area contributed by atoms with E-state index in [1.165, 1.54) is 0 Å². The molecule has 2 aromatic carbocycles. The van der Waals surface area contributed by atoms with Gasteiger partial charge in [-0.2, -0.15) is 0 Å². The van der Waals surface area contributed by atoms with E-state index in [1.807, 2.05) is 42.5 Å². The first-order valence-electron chi connectivity index (χ1n) is 9.25. The number of carbonyl (C=O) groups is 1. The first-order valence-corrected chi connectivity index (χ1v) is 9.25. The van der Waals surface area contributed by atoms with Crippen LogP contribution >= 0.6 is 0 Å². The maximum atomic E-state index is 11.8. The lowest BCUT2D eigenvalue weighted by molar-refractivity contribution is -0.132. The highest BCUT2D eigenvalue weighted by atomic mass is 16.4. The highest BCUT2D eigenvalue weighted by Crippen LogP contribution is 2.40. The zero-order valence-corrected chi connectivity index (χ0v) is 17.1. The van der Waals surface area contributed by atoms with Crippen molar-refractivity contribution in [3.05, 3.63) is 70.3 Å². The Kier molecular flexibility index (Phi) is 5.84. The van der Waals surface area contributed by atoms with Gasteiger partial charge in [0, 0.05) is 12.0 Å². The second-order valence-corrected chi connectivity index (χ2v) is 9.10. The minimum Gasteiger partial charge on any atom is -0.507 e. The lowest BCUT2D eigenvalue weighted by atomic mass is 9.78. The third-order valence-corrected chi connectivity index (χ3v) is 4.60. The number of benzene rings is 2. The molecule has 2 aromatic rings. The van der Waals surface area contributed by atoms with Crippen LogP contribution in [0.25, 0.3) is 6.08 Å². The second-order valence-electron chi connectivity index (χ2n) is 9.10. The van der Waals surface area contributed by atoms with Gasteiger partial charge in [-0.3, -0.25) is 0 Å². The molecule has 0 aliphatic rings. The minimum absolute atomic E-state index is 0.243. The largest absolute Gasteiger partial charge is 0.507 e. The van der Waals surface area contributed by atoms with Crippen LogP contribution in [0.15, 0.2) is 48.0 Å². The van der Waals surface area contributed by atoms with Gasteiger partial charge in [0.1, 0.15) is 5.75 Å². The number of rotatable bonds is 4. The maximum Gasteiger partial charge on any atom is 0.331 e. The van der Waals surface area contributed by atoms with E-state index in [9.17, 15) is 15.0 Å². The average Bonchev–Trinajstić information content (AvgIpc) is 2.54. The van der Waals surface area contributed by atoms with Crippen LogP contribution in [-0.4, -0.2) is 16.2 Å². The first-order chi connectivity index (χ1) is 12.4.